The van der Waals surface area contributed by atoms with E-state index in [2.05, 4.69) is 11.4 Å². The molecule has 1 aromatic carbocycles. The Balaban J connectivity index is 2.65. The van der Waals surface area contributed by atoms with E-state index in [9.17, 15) is 10.1 Å². The molecule has 0 bridgehead atoms. The maximum absolute atomic E-state index is 10.0. The summed E-state index contributed by atoms with van der Waals surface area (Å²) >= 11 is 0. The molecular formula is C8H8N3O2. The molecule has 1 aromatic rings. The second-order valence-corrected chi connectivity index (χ2v) is 2.28. The fourth-order valence-electron chi connectivity index (χ4n) is 0.783. The van der Waals surface area contributed by atoms with Crippen molar-refractivity contribution >= 4 is 5.69 Å². The van der Waals surface area contributed by atoms with E-state index in [1.165, 1.54) is 0 Å². The van der Waals surface area contributed by atoms with Crippen LogP contribution in [0.5, 0.6) is 0 Å². The van der Waals surface area contributed by atoms with Gasteiger partial charge in [-0.3, -0.25) is 10.1 Å². The van der Waals surface area contributed by atoms with E-state index in [1.807, 2.05) is 0 Å². The Morgan fingerprint density at radius 1 is 1.62 bits per heavy atom. The molecule has 0 amide bonds. The fourth-order valence-corrected chi connectivity index (χ4v) is 0.783. The predicted molar refractivity (Wildman–Crippen MR) is 48.2 cm³/mol. The first-order valence-electron chi connectivity index (χ1n) is 3.52. The highest BCUT2D eigenvalue weighted by molar-refractivity contribution is 5.46. The lowest BCUT2D eigenvalue weighted by Gasteiger charge is -2.02. The van der Waals surface area contributed by atoms with Gasteiger partial charge in [-0.05, 0) is 18.2 Å². The quantitative estimate of drug-likeness (QED) is 0.533. The minimum Gasteiger partial charge on any atom is -0.380 e. The van der Waals surface area contributed by atoms with Gasteiger partial charge in [0.2, 0.25) is 0 Å². The molecule has 0 aliphatic heterocycles. The van der Waals surface area contributed by atoms with Crippen LogP contribution in [-0.4, -0.2) is 4.92 Å². The monoisotopic (exact) mass is 178 g/mol. The summed E-state index contributed by atoms with van der Waals surface area (Å²) in [5.41, 5.74) is 5.99. The highest BCUT2D eigenvalue weighted by atomic mass is 16.6. The third-order valence-electron chi connectivity index (χ3n) is 1.25. The number of nitrogens with one attached hydrogen (secondary N) is 1. The van der Waals surface area contributed by atoms with Crippen molar-refractivity contribution in [3.8, 4) is 0 Å². The molecule has 5 heteroatoms. The average molecular weight is 178 g/mol. The first-order valence-corrected chi connectivity index (χ1v) is 3.52. The lowest BCUT2D eigenvalue weighted by atomic mass is 10.3. The van der Waals surface area contributed by atoms with E-state index in [0.717, 1.165) is 0 Å². The summed E-state index contributed by atoms with van der Waals surface area (Å²) in [6, 6.07) is 9.60. The summed E-state index contributed by atoms with van der Waals surface area (Å²) in [6.45, 7) is 0. The van der Waals surface area contributed by atoms with Crippen LogP contribution in [0.2, 0.25) is 0 Å². The predicted octanol–water partition coefficient (Wildman–Crippen LogP) is 0.933. The van der Waals surface area contributed by atoms with Crippen molar-refractivity contribution in [2.45, 2.75) is 0 Å². The van der Waals surface area contributed by atoms with Gasteiger partial charge in [0.25, 0.3) is 6.20 Å². The second-order valence-electron chi connectivity index (χ2n) is 2.28. The topological polar surface area (TPSA) is 81.2 Å². The molecule has 3 N–H and O–H groups in total. The van der Waals surface area contributed by atoms with Gasteiger partial charge in [-0.2, -0.15) is 0 Å². The van der Waals surface area contributed by atoms with Gasteiger partial charge >= 0.3 is 0 Å². The van der Waals surface area contributed by atoms with E-state index >= 15 is 0 Å². The van der Waals surface area contributed by atoms with Crippen molar-refractivity contribution in [3.05, 3.63) is 52.5 Å². The normalized spacial score (nSPS) is 10.9. The van der Waals surface area contributed by atoms with Gasteiger partial charge < -0.3 is 11.1 Å². The molecule has 13 heavy (non-hydrogen) atoms. The van der Waals surface area contributed by atoms with Crippen LogP contribution in [0.4, 0.5) is 5.69 Å². The highest BCUT2D eigenvalue weighted by Crippen LogP contribution is 2.05. The zero-order valence-electron chi connectivity index (χ0n) is 6.73. The van der Waals surface area contributed by atoms with Crippen LogP contribution in [0.1, 0.15) is 0 Å². The summed E-state index contributed by atoms with van der Waals surface area (Å²) in [7, 11) is 0. The maximum atomic E-state index is 10.0. The summed E-state index contributed by atoms with van der Waals surface area (Å²) in [5, 5.41) is 12.7. The molecule has 5 nitrogen and oxygen atoms in total. The van der Waals surface area contributed by atoms with Gasteiger partial charge in [0.1, 0.15) is 0 Å². The third-order valence-corrected chi connectivity index (χ3v) is 1.25. The van der Waals surface area contributed by atoms with Gasteiger partial charge in [0.15, 0.2) is 5.82 Å². The van der Waals surface area contributed by atoms with Gasteiger partial charge in [0, 0.05) is 5.69 Å². The minimum absolute atomic E-state index is 0.00352. The van der Waals surface area contributed by atoms with Crippen LogP contribution < -0.4 is 11.1 Å². The Morgan fingerprint density at radius 3 is 2.77 bits per heavy atom. The number of hydrogen-bond donors (Lipinski definition) is 2. The van der Waals surface area contributed by atoms with Gasteiger partial charge in [-0.15, -0.1) is 0 Å². The fraction of sp³-hybridized carbons (Fsp3) is 0. The molecule has 0 spiro atoms. The van der Waals surface area contributed by atoms with Crippen molar-refractivity contribution in [1.29, 1.82) is 0 Å². The molecule has 0 atom stereocenters. The Bertz CT molecular complexity index is 321. The SMILES string of the molecule is N/C(=C\[N+](=O)[O-])Nc1cc[c]cc1. The molecule has 0 fully saturated rings. The zero-order valence-corrected chi connectivity index (χ0v) is 6.73. The smallest absolute Gasteiger partial charge is 0.274 e. The van der Waals surface area contributed by atoms with Crippen molar-refractivity contribution < 1.29 is 4.92 Å². The van der Waals surface area contributed by atoms with E-state index in [-0.39, 0.29) is 5.82 Å². The minimum atomic E-state index is -0.614. The highest BCUT2D eigenvalue weighted by Gasteiger charge is 1.96. The molecule has 67 valence electrons. The van der Waals surface area contributed by atoms with Gasteiger partial charge in [0.05, 0.1) is 4.92 Å². The Morgan fingerprint density at radius 2 is 2.23 bits per heavy atom. The maximum Gasteiger partial charge on any atom is 0.274 e. The molecule has 0 aliphatic rings. The number of anilines is 1. The summed E-state index contributed by atoms with van der Waals surface area (Å²) in [5.74, 6) is -0.00352. The molecule has 1 rings (SSSR count). The van der Waals surface area contributed by atoms with Crippen molar-refractivity contribution in [2.24, 2.45) is 5.73 Å². The van der Waals surface area contributed by atoms with Gasteiger partial charge in [-0.25, -0.2) is 0 Å². The van der Waals surface area contributed by atoms with Gasteiger partial charge in [-0.1, -0.05) is 12.1 Å². The van der Waals surface area contributed by atoms with Crippen molar-refractivity contribution in [2.75, 3.05) is 5.32 Å². The Kier molecular flexibility index (Phi) is 2.86. The molecule has 0 saturated heterocycles. The second kappa shape index (κ2) is 4.10. The van der Waals surface area contributed by atoms with Crippen LogP contribution >= 0.6 is 0 Å². The molecular weight excluding hydrogens is 170 g/mol. The molecule has 0 heterocycles. The van der Waals surface area contributed by atoms with Crippen molar-refractivity contribution in [3.63, 3.8) is 0 Å². The number of nitrogens with two attached hydrogens (primary N) is 1. The number of rotatable bonds is 3. The van der Waals surface area contributed by atoms with E-state index in [0.29, 0.717) is 11.9 Å². The Hall–Kier alpha value is -2.04. The summed E-state index contributed by atoms with van der Waals surface area (Å²) in [6.07, 6.45) is 0.705. The number of hydrogen-bond acceptors (Lipinski definition) is 4. The number of benzene rings is 1. The molecule has 0 aliphatic carbocycles. The molecule has 1 radical (unpaired) electrons. The van der Waals surface area contributed by atoms with Crippen molar-refractivity contribution in [1.82, 2.24) is 0 Å². The molecule has 0 aromatic heterocycles. The lowest BCUT2D eigenvalue weighted by Crippen LogP contribution is -2.10. The standard InChI is InChI=1S/C8H8N3O2/c9-8(6-11(12)13)10-7-4-2-1-3-5-7/h2-6,10H,9H2/b8-6+. The number of nitrogens with zero attached hydrogens (tertiary/aromatic N) is 1. The van der Waals surface area contributed by atoms with Crippen LogP contribution in [0.3, 0.4) is 0 Å². The molecule has 0 saturated carbocycles. The average Bonchev–Trinajstić information content (AvgIpc) is 2.04. The first-order chi connectivity index (χ1) is 6.18. The first kappa shape index (κ1) is 9.05. The van der Waals surface area contributed by atoms with E-state index < -0.39 is 4.92 Å². The largest absolute Gasteiger partial charge is 0.380 e. The summed E-state index contributed by atoms with van der Waals surface area (Å²) in [4.78, 5) is 9.39. The van der Waals surface area contributed by atoms with E-state index in [4.69, 9.17) is 5.73 Å². The Labute approximate surface area is 75.0 Å². The van der Waals surface area contributed by atoms with Crippen LogP contribution in [0, 0.1) is 16.2 Å². The number of nitro groups is 1. The third kappa shape index (κ3) is 3.24. The zero-order chi connectivity index (χ0) is 9.68. The molecule has 0 unspecified atom stereocenters. The van der Waals surface area contributed by atoms with Crippen LogP contribution in [0.15, 0.2) is 36.3 Å². The van der Waals surface area contributed by atoms with Crippen LogP contribution in [-0.2, 0) is 0 Å². The lowest BCUT2D eigenvalue weighted by molar-refractivity contribution is -0.403. The van der Waals surface area contributed by atoms with Crippen LogP contribution in [0.25, 0.3) is 0 Å². The van der Waals surface area contributed by atoms with E-state index in [1.54, 1.807) is 24.3 Å². The summed E-state index contributed by atoms with van der Waals surface area (Å²) < 4.78 is 0.